The summed E-state index contributed by atoms with van der Waals surface area (Å²) in [6.07, 6.45) is 6.09. The van der Waals surface area contributed by atoms with Crippen molar-refractivity contribution in [3.05, 3.63) is 52.5 Å². The van der Waals surface area contributed by atoms with Crippen LogP contribution in [0.4, 0.5) is 0 Å². The number of ether oxygens (including phenoxy) is 1. The highest BCUT2D eigenvalue weighted by atomic mass is 79.9. The normalized spacial score (nSPS) is 12.2. The summed E-state index contributed by atoms with van der Waals surface area (Å²) in [7, 11) is 3.60. The predicted octanol–water partition coefficient (Wildman–Crippen LogP) is 2.75. The minimum absolute atomic E-state index is 0.196. The van der Waals surface area contributed by atoms with Gasteiger partial charge in [0.05, 0.1) is 11.6 Å². The van der Waals surface area contributed by atoms with Gasteiger partial charge in [-0.3, -0.25) is 0 Å². The van der Waals surface area contributed by atoms with Gasteiger partial charge in [0.1, 0.15) is 12.1 Å². The summed E-state index contributed by atoms with van der Waals surface area (Å²) in [6.45, 7) is 0. The predicted molar refractivity (Wildman–Crippen MR) is 78.2 cm³/mol. The molecule has 19 heavy (non-hydrogen) atoms. The van der Waals surface area contributed by atoms with Crippen LogP contribution in [-0.4, -0.2) is 24.1 Å². The highest BCUT2D eigenvalue weighted by molar-refractivity contribution is 9.10. The van der Waals surface area contributed by atoms with Gasteiger partial charge in [0.25, 0.3) is 0 Å². The summed E-state index contributed by atoms with van der Waals surface area (Å²) in [6, 6.07) is 6.31. The van der Waals surface area contributed by atoms with Crippen molar-refractivity contribution in [2.75, 3.05) is 14.2 Å². The summed E-state index contributed by atoms with van der Waals surface area (Å²) >= 11 is 3.51. The Morgan fingerprint density at radius 3 is 2.63 bits per heavy atom. The molecule has 2 aromatic rings. The van der Waals surface area contributed by atoms with Gasteiger partial charge in [-0.2, -0.15) is 0 Å². The SMILES string of the molecule is CNC(Cc1ccc(OC)c(Br)c1)c1cncnc1. The molecule has 0 aliphatic rings. The Morgan fingerprint density at radius 2 is 2.05 bits per heavy atom. The number of nitrogens with one attached hydrogen (secondary N) is 1. The average molecular weight is 322 g/mol. The number of benzene rings is 1. The third-order valence-corrected chi connectivity index (χ3v) is 3.61. The number of halogens is 1. The van der Waals surface area contributed by atoms with Crippen molar-refractivity contribution in [2.45, 2.75) is 12.5 Å². The maximum Gasteiger partial charge on any atom is 0.133 e. The lowest BCUT2D eigenvalue weighted by molar-refractivity contribution is 0.412. The minimum atomic E-state index is 0.196. The zero-order valence-corrected chi connectivity index (χ0v) is 12.5. The van der Waals surface area contributed by atoms with Gasteiger partial charge in [0.15, 0.2) is 0 Å². The highest BCUT2D eigenvalue weighted by Gasteiger charge is 2.11. The fourth-order valence-electron chi connectivity index (χ4n) is 1.95. The Morgan fingerprint density at radius 1 is 1.32 bits per heavy atom. The van der Waals surface area contributed by atoms with Crippen LogP contribution in [0.2, 0.25) is 0 Å². The van der Waals surface area contributed by atoms with Crippen LogP contribution in [0.5, 0.6) is 5.75 Å². The molecule has 1 N–H and O–H groups in total. The standard InChI is InChI=1S/C14H16BrN3O/c1-16-13(11-7-17-9-18-8-11)6-10-3-4-14(19-2)12(15)5-10/h3-5,7-9,13,16H,6H2,1-2H3. The van der Waals surface area contributed by atoms with Gasteiger partial charge in [-0.05, 0) is 47.1 Å². The van der Waals surface area contributed by atoms with Crippen LogP contribution in [0.3, 0.4) is 0 Å². The third-order valence-electron chi connectivity index (χ3n) is 2.99. The van der Waals surface area contributed by atoms with Gasteiger partial charge in [-0.1, -0.05) is 6.07 Å². The Bertz CT molecular complexity index is 533. The van der Waals surface area contributed by atoms with E-state index in [1.807, 2.05) is 25.5 Å². The van der Waals surface area contributed by atoms with Gasteiger partial charge >= 0.3 is 0 Å². The maximum absolute atomic E-state index is 5.23. The Kier molecular flexibility index (Phi) is 4.87. The molecule has 1 aromatic carbocycles. The first-order valence-electron chi connectivity index (χ1n) is 5.99. The summed E-state index contributed by atoms with van der Waals surface area (Å²) in [4.78, 5) is 8.12. The Labute approximate surface area is 121 Å². The van der Waals surface area contributed by atoms with E-state index >= 15 is 0 Å². The van der Waals surface area contributed by atoms with Crippen LogP contribution in [0, 0.1) is 0 Å². The molecule has 0 saturated carbocycles. The van der Waals surface area contributed by atoms with Crippen molar-refractivity contribution in [1.29, 1.82) is 0 Å². The van der Waals surface area contributed by atoms with Crippen LogP contribution in [0.15, 0.2) is 41.4 Å². The molecule has 1 heterocycles. The van der Waals surface area contributed by atoms with E-state index in [0.717, 1.165) is 22.2 Å². The van der Waals surface area contributed by atoms with Crippen LogP contribution < -0.4 is 10.1 Å². The van der Waals surface area contributed by atoms with Gasteiger partial charge in [-0.15, -0.1) is 0 Å². The molecule has 0 saturated heterocycles. The molecule has 2 rings (SSSR count). The lowest BCUT2D eigenvalue weighted by atomic mass is 10.0. The van der Waals surface area contributed by atoms with E-state index in [1.165, 1.54) is 5.56 Å². The molecule has 100 valence electrons. The smallest absolute Gasteiger partial charge is 0.133 e. The van der Waals surface area contributed by atoms with Crippen LogP contribution in [0.25, 0.3) is 0 Å². The van der Waals surface area contributed by atoms with E-state index in [1.54, 1.807) is 13.4 Å². The van der Waals surface area contributed by atoms with Crippen molar-refractivity contribution < 1.29 is 4.74 Å². The molecule has 5 heteroatoms. The molecule has 4 nitrogen and oxygen atoms in total. The van der Waals surface area contributed by atoms with Crippen molar-refractivity contribution in [1.82, 2.24) is 15.3 Å². The van der Waals surface area contributed by atoms with Gasteiger partial charge in [0.2, 0.25) is 0 Å². The molecule has 0 aliphatic carbocycles. The lowest BCUT2D eigenvalue weighted by Crippen LogP contribution is -2.19. The number of hydrogen-bond donors (Lipinski definition) is 1. The molecule has 0 aliphatic heterocycles. The first kappa shape index (κ1) is 14.0. The fourth-order valence-corrected chi connectivity index (χ4v) is 2.54. The Balaban J connectivity index is 2.17. The van der Waals surface area contributed by atoms with Crippen molar-refractivity contribution in [3.63, 3.8) is 0 Å². The summed E-state index contributed by atoms with van der Waals surface area (Å²) in [5.41, 5.74) is 2.30. The van der Waals surface area contributed by atoms with Crippen molar-refractivity contribution >= 4 is 15.9 Å². The number of aromatic nitrogens is 2. The zero-order chi connectivity index (χ0) is 13.7. The molecule has 1 atom stereocenters. The Hall–Kier alpha value is -1.46. The highest BCUT2D eigenvalue weighted by Crippen LogP contribution is 2.27. The van der Waals surface area contributed by atoms with E-state index in [-0.39, 0.29) is 6.04 Å². The molecule has 0 amide bonds. The first-order chi connectivity index (χ1) is 9.24. The molecule has 0 spiro atoms. The van der Waals surface area contributed by atoms with Gasteiger partial charge in [-0.25, -0.2) is 9.97 Å². The van der Waals surface area contributed by atoms with Crippen molar-refractivity contribution in [2.24, 2.45) is 0 Å². The lowest BCUT2D eigenvalue weighted by Gasteiger charge is -2.16. The van der Waals surface area contributed by atoms with Gasteiger partial charge in [0, 0.05) is 24.0 Å². The second-order valence-electron chi connectivity index (χ2n) is 4.19. The second-order valence-corrected chi connectivity index (χ2v) is 5.04. The number of rotatable bonds is 5. The van der Waals surface area contributed by atoms with E-state index in [9.17, 15) is 0 Å². The summed E-state index contributed by atoms with van der Waals surface area (Å²) in [5.74, 6) is 0.841. The van der Waals surface area contributed by atoms with Crippen LogP contribution in [-0.2, 0) is 6.42 Å². The van der Waals surface area contributed by atoms with E-state index in [2.05, 4.69) is 43.3 Å². The number of nitrogens with zero attached hydrogens (tertiary/aromatic N) is 2. The molecule has 0 radical (unpaired) electrons. The molecular formula is C14H16BrN3O. The maximum atomic E-state index is 5.23. The fraction of sp³-hybridized carbons (Fsp3) is 0.286. The molecule has 0 fully saturated rings. The van der Waals surface area contributed by atoms with E-state index in [0.29, 0.717) is 0 Å². The summed E-state index contributed by atoms with van der Waals surface area (Å²) < 4.78 is 6.20. The largest absolute Gasteiger partial charge is 0.496 e. The zero-order valence-electron chi connectivity index (χ0n) is 10.9. The minimum Gasteiger partial charge on any atom is -0.496 e. The second kappa shape index (κ2) is 6.63. The quantitative estimate of drug-likeness (QED) is 0.919. The average Bonchev–Trinajstić information content (AvgIpc) is 2.46. The van der Waals surface area contributed by atoms with Crippen molar-refractivity contribution in [3.8, 4) is 5.75 Å². The summed E-state index contributed by atoms with van der Waals surface area (Å²) in [5, 5.41) is 3.29. The molecule has 0 bridgehead atoms. The molecule has 1 unspecified atom stereocenters. The van der Waals surface area contributed by atoms with E-state index in [4.69, 9.17) is 4.74 Å². The van der Waals surface area contributed by atoms with Crippen LogP contribution >= 0.6 is 15.9 Å². The number of hydrogen-bond acceptors (Lipinski definition) is 4. The number of methoxy groups -OCH3 is 1. The first-order valence-corrected chi connectivity index (χ1v) is 6.78. The van der Waals surface area contributed by atoms with Crippen LogP contribution in [0.1, 0.15) is 17.2 Å². The molecular weight excluding hydrogens is 306 g/mol. The molecule has 1 aromatic heterocycles. The van der Waals surface area contributed by atoms with E-state index < -0.39 is 0 Å². The monoisotopic (exact) mass is 321 g/mol. The number of likely N-dealkylation sites (N-methyl/N-ethyl adjacent to an activating group) is 1. The van der Waals surface area contributed by atoms with Gasteiger partial charge < -0.3 is 10.1 Å². The third kappa shape index (κ3) is 3.52. The topological polar surface area (TPSA) is 47.0 Å².